The Hall–Kier alpha value is -2.75. The van der Waals surface area contributed by atoms with Crippen molar-refractivity contribution in [2.75, 3.05) is 12.8 Å². The molecule has 0 saturated heterocycles. The molecule has 20 heavy (non-hydrogen) atoms. The Kier molecular flexibility index (Phi) is 3.13. The van der Waals surface area contributed by atoms with E-state index in [1.165, 1.54) is 0 Å². The van der Waals surface area contributed by atoms with Crippen LogP contribution in [0.2, 0.25) is 0 Å². The van der Waals surface area contributed by atoms with Gasteiger partial charge < -0.3 is 14.9 Å². The molecule has 2 aromatic carbocycles. The number of nitrogen functional groups attached to an aromatic ring is 1. The Morgan fingerprint density at radius 3 is 2.25 bits per heavy atom. The number of hydrogen-bond donors (Lipinski definition) is 1. The Bertz CT molecular complexity index is 700. The first kappa shape index (κ1) is 12.3. The molecule has 3 rings (SSSR count). The Balaban J connectivity index is 1.91. The quantitative estimate of drug-likeness (QED) is 0.736. The van der Waals surface area contributed by atoms with E-state index in [2.05, 4.69) is 4.98 Å². The van der Waals surface area contributed by atoms with E-state index in [0.717, 1.165) is 28.3 Å². The normalized spacial score (nSPS) is 10.4. The van der Waals surface area contributed by atoms with Crippen molar-refractivity contribution in [3.05, 3.63) is 54.7 Å². The molecule has 0 saturated carbocycles. The van der Waals surface area contributed by atoms with E-state index in [0.29, 0.717) is 5.89 Å². The molecule has 0 bridgehead atoms. The van der Waals surface area contributed by atoms with Crippen LogP contribution in [0, 0.1) is 0 Å². The molecule has 100 valence electrons. The minimum atomic E-state index is 0.583. The summed E-state index contributed by atoms with van der Waals surface area (Å²) in [6, 6.07) is 15.1. The fraction of sp³-hybridized carbons (Fsp3) is 0.0625. The van der Waals surface area contributed by atoms with Gasteiger partial charge >= 0.3 is 0 Å². The predicted molar refractivity (Wildman–Crippen MR) is 78.3 cm³/mol. The number of nitrogens with zero attached hydrogens (tertiary/aromatic N) is 1. The van der Waals surface area contributed by atoms with E-state index in [1.807, 2.05) is 48.5 Å². The molecule has 0 atom stereocenters. The first-order chi connectivity index (χ1) is 9.76. The van der Waals surface area contributed by atoms with E-state index >= 15 is 0 Å². The fourth-order valence-corrected chi connectivity index (χ4v) is 1.92. The van der Waals surface area contributed by atoms with Gasteiger partial charge in [0.1, 0.15) is 5.75 Å². The van der Waals surface area contributed by atoms with Crippen molar-refractivity contribution in [1.82, 2.24) is 4.98 Å². The van der Waals surface area contributed by atoms with Crippen LogP contribution >= 0.6 is 0 Å². The van der Waals surface area contributed by atoms with E-state index < -0.39 is 0 Å². The average Bonchev–Trinajstić information content (AvgIpc) is 2.98. The smallest absolute Gasteiger partial charge is 0.226 e. The molecule has 0 amide bonds. The number of methoxy groups -OCH3 is 1. The minimum Gasteiger partial charge on any atom is -0.497 e. The van der Waals surface area contributed by atoms with Crippen molar-refractivity contribution in [2.45, 2.75) is 0 Å². The van der Waals surface area contributed by atoms with Gasteiger partial charge in [-0.05, 0) is 48.5 Å². The highest BCUT2D eigenvalue weighted by Crippen LogP contribution is 2.27. The zero-order valence-corrected chi connectivity index (χ0v) is 11.0. The topological polar surface area (TPSA) is 61.3 Å². The molecule has 3 aromatic rings. The third-order valence-electron chi connectivity index (χ3n) is 3.04. The van der Waals surface area contributed by atoms with Crippen molar-refractivity contribution in [1.29, 1.82) is 0 Å². The summed E-state index contributed by atoms with van der Waals surface area (Å²) >= 11 is 0. The lowest BCUT2D eigenvalue weighted by Gasteiger charge is -2.00. The lowest BCUT2D eigenvalue weighted by atomic mass is 10.2. The van der Waals surface area contributed by atoms with Crippen LogP contribution in [-0.2, 0) is 0 Å². The molecular weight excluding hydrogens is 252 g/mol. The van der Waals surface area contributed by atoms with Crippen molar-refractivity contribution < 1.29 is 9.15 Å². The van der Waals surface area contributed by atoms with Crippen LogP contribution in [0.15, 0.2) is 59.1 Å². The van der Waals surface area contributed by atoms with Crippen molar-refractivity contribution in [2.24, 2.45) is 0 Å². The second-order valence-corrected chi connectivity index (χ2v) is 4.38. The van der Waals surface area contributed by atoms with Crippen LogP contribution in [0.5, 0.6) is 5.75 Å². The highest BCUT2D eigenvalue weighted by atomic mass is 16.5. The zero-order valence-electron chi connectivity index (χ0n) is 11.0. The molecule has 0 fully saturated rings. The van der Waals surface area contributed by atoms with Crippen LogP contribution in [0.25, 0.3) is 22.8 Å². The van der Waals surface area contributed by atoms with Gasteiger partial charge in [0.25, 0.3) is 0 Å². The number of nitrogens with two attached hydrogens (primary N) is 1. The molecule has 4 nitrogen and oxygen atoms in total. The van der Waals surface area contributed by atoms with Crippen LogP contribution in [0.3, 0.4) is 0 Å². The second kappa shape index (κ2) is 5.09. The van der Waals surface area contributed by atoms with Gasteiger partial charge in [-0.25, -0.2) is 4.98 Å². The lowest BCUT2D eigenvalue weighted by Crippen LogP contribution is -1.83. The SMILES string of the molecule is COc1ccc(-c2ncc(-c3ccc(N)cc3)o2)cc1. The Morgan fingerprint density at radius 1 is 0.950 bits per heavy atom. The number of rotatable bonds is 3. The minimum absolute atomic E-state index is 0.583. The lowest BCUT2D eigenvalue weighted by molar-refractivity contribution is 0.415. The summed E-state index contributed by atoms with van der Waals surface area (Å²) in [5.41, 5.74) is 8.26. The van der Waals surface area contributed by atoms with E-state index in [-0.39, 0.29) is 0 Å². The monoisotopic (exact) mass is 266 g/mol. The van der Waals surface area contributed by atoms with E-state index in [9.17, 15) is 0 Å². The van der Waals surface area contributed by atoms with Crippen molar-refractivity contribution in [3.63, 3.8) is 0 Å². The maximum absolute atomic E-state index is 5.78. The molecule has 0 spiro atoms. The summed E-state index contributed by atoms with van der Waals surface area (Å²) < 4.78 is 10.9. The van der Waals surface area contributed by atoms with Gasteiger partial charge in [0, 0.05) is 16.8 Å². The summed E-state index contributed by atoms with van der Waals surface area (Å²) in [7, 11) is 1.64. The highest BCUT2D eigenvalue weighted by Gasteiger charge is 2.08. The Labute approximate surface area is 116 Å². The molecule has 2 N–H and O–H groups in total. The van der Waals surface area contributed by atoms with Gasteiger partial charge in [0.15, 0.2) is 5.76 Å². The maximum Gasteiger partial charge on any atom is 0.226 e. The molecular formula is C16H14N2O2. The summed E-state index contributed by atoms with van der Waals surface area (Å²) in [5.74, 6) is 2.11. The maximum atomic E-state index is 5.78. The molecule has 1 aromatic heterocycles. The van der Waals surface area contributed by atoms with Gasteiger partial charge in [-0.3, -0.25) is 0 Å². The number of hydrogen-bond acceptors (Lipinski definition) is 4. The first-order valence-electron chi connectivity index (χ1n) is 6.22. The largest absolute Gasteiger partial charge is 0.497 e. The summed E-state index contributed by atoms with van der Waals surface area (Å²) in [5, 5.41) is 0. The highest BCUT2D eigenvalue weighted by molar-refractivity contribution is 5.63. The van der Waals surface area contributed by atoms with Gasteiger partial charge in [-0.2, -0.15) is 0 Å². The summed E-state index contributed by atoms with van der Waals surface area (Å²) in [6.45, 7) is 0. The summed E-state index contributed by atoms with van der Waals surface area (Å²) in [6.07, 6.45) is 1.71. The van der Waals surface area contributed by atoms with Gasteiger partial charge in [-0.15, -0.1) is 0 Å². The van der Waals surface area contributed by atoms with Gasteiger partial charge in [0.05, 0.1) is 13.3 Å². The molecule has 0 aliphatic carbocycles. The molecule has 0 radical (unpaired) electrons. The van der Waals surface area contributed by atoms with Gasteiger partial charge in [-0.1, -0.05) is 0 Å². The number of anilines is 1. The van der Waals surface area contributed by atoms with Crippen molar-refractivity contribution in [3.8, 4) is 28.5 Å². The summed E-state index contributed by atoms with van der Waals surface area (Å²) in [4.78, 5) is 4.30. The third-order valence-corrected chi connectivity index (χ3v) is 3.04. The van der Waals surface area contributed by atoms with Crippen LogP contribution in [-0.4, -0.2) is 12.1 Å². The first-order valence-corrected chi connectivity index (χ1v) is 6.22. The standard InChI is InChI=1S/C16H14N2O2/c1-19-14-8-4-12(5-9-14)16-18-10-15(20-16)11-2-6-13(17)7-3-11/h2-10H,17H2,1H3. The number of aromatic nitrogens is 1. The van der Waals surface area contributed by atoms with E-state index in [1.54, 1.807) is 13.3 Å². The third kappa shape index (κ3) is 2.36. The molecule has 1 heterocycles. The van der Waals surface area contributed by atoms with Crippen molar-refractivity contribution >= 4 is 5.69 Å². The zero-order chi connectivity index (χ0) is 13.9. The molecule has 0 unspecified atom stereocenters. The number of benzene rings is 2. The molecule has 0 aliphatic rings. The predicted octanol–water partition coefficient (Wildman–Crippen LogP) is 3.60. The second-order valence-electron chi connectivity index (χ2n) is 4.38. The number of ether oxygens (including phenoxy) is 1. The fourth-order valence-electron chi connectivity index (χ4n) is 1.92. The van der Waals surface area contributed by atoms with Crippen LogP contribution in [0.4, 0.5) is 5.69 Å². The molecule has 0 aliphatic heterocycles. The Morgan fingerprint density at radius 2 is 1.60 bits per heavy atom. The molecule has 4 heteroatoms. The average molecular weight is 266 g/mol. The number of oxazole rings is 1. The van der Waals surface area contributed by atoms with Crippen LogP contribution < -0.4 is 10.5 Å². The van der Waals surface area contributed by atoms with E-state index in [4.69, 9.17) is 14.9 Å². The van der Waals surface area contributed by atoms with Crippen LogP contribution in [0.1, 0.15) is 0 Å². The van der Waals surface area contributed by atoms with Gasteiger partial charge in [0.2, 0.25) is 5.89 Å².